The Balaban J connectivity index is 1.61. The summed E-state index contributed by atoms with van der Waals surface area (Å²) in [5.41, 5.74) is 1.10. The molecule has 104 valence electrons. The van der Waals surface area contributed by atoms with Crippen molar-refractivity contribution < 1.29 is 0 Å². The Kier molecular flexibility index (Phi) is 3.22. The van der Waals surface area contributed by atoms with Gasteiger partial charge in [-0.1, -0.05) is 20.8 Å². The third kappa shape index (κ3) is 2.02. The van der Waals surface area contributed by atoms with Crippen LogP contribution in [0.5, 0.6) is 0 Å². The maximum absolute atomic E-state index is 3.99. The predicted octanol–water partition coefficient (Wildman–Crippen LogP) is 2.79. The summed E-state index contributed by atoms with van der Waals surface area (Å²) >= 11 is 0. The molecular weight excluding hydrogens is 220 g/mol. The normalized spacial score (nSPS) is 43.5. The zero-order chi connectivity index (χ0) is 12.8. The van der Waals surface area contributed by atoms with E-state index in [-0.39, 0.29) is 0 Å². The molecule has 2 aliphatic carbocycles. The first-order valence-electron chi connectivity index (χ1n) is 7.96. The van der Waals surface area contributed by atoms with Crippen molar-refractivity contribution in [1.82, 2.24) is 10.6 Å². The van der Waals surface area contributed by atoms with Crippen molar-refractivity contribution in [3.05, 3.63) is 0 Å². The third-order valence-corrected chi connectivity index (χ3v) is 6.34. The molecule has 3 rings (SSSR count). The summed E-state index contributed by atoms with van der Waals surface area (Å²) in [6, 6.07) is 0.749. The van der Waals surface area contributed by atoms with Crippen LogP contribution < -0.4 is 10.6 Å². The maximum atomic E-state index is 3.99. The van der Waals surface area contributed by atoms with Gasteiger partial charge in [0.15, 0.2) is 0 Å². The number of piperidine rings is 1. The minimum absolute atomic E-state index is 0.514. The van der Waals surface area contributed by atoms with Gasteiger partial charge in [0.05, 0.1) is 0 Å². The lowest BCUT2D eigenvalue weighted by Crippen LogP contribution is -2.52. The molecule has 3 unspecified atom stereocenters. The van der Waals surface area contributed by atoms with E-state index in [2.05, 4.69) is 31.4 Å². The standard InChI is InChI=1S/C16H30N2/c1-15(2)13-4-7-16(3,10-13)14(15)18-11-12-5-8-17-9-6-12/h12-14,17-18H,4-11H2,1-3H3. The minimum Gasteiger partial charge on any atom is -0.317 e. The maximum Gasteiger partial charge on any atom is 0.0175 e. The molecule has 0 aromatic heterocycles. The van der Waals surface area contributed by atoms with Gasteiger partial charge in [-0.15, -0.1) is 0 Å². The summed E-state index contributed by atoms with van der Waals surface area (Å²) in [6.07, 6.45) is 7.10. The molecule has 2 N–H and O–H groups in total. The lowest BCUT2D eigenvalue weighted by Gasteiger charge is -2.44. The van der Waals surface area contributed by atoms with Crippen molar-refractivity contribution in [2.45, 2.75) is 58.9 Å². The fourth-order valence-electron chi connectivity index (χ4n) is 5.18. The van der Waals surface area contributed by atoms with Crippen molar-refractivity contribution in [2.75, 3.05) is 19.6 Å². The van der Waals surface area contributed by atoms with Crippen LogP contribution in [0, 0.1) is 22.7 Å². The van der Waals surface area contributed by atoms with Crippen LogP contribution in [-0.2, 0) is 0 Å². The molecule has 2 bridgehead atoms. The highest BCUT2D eigenvalue weighted by molar-refractivity contribution is 5.12. The van der Waals surface area contributed by atoms with Gasteiger partial charge in [0, 0.05) is 6.04 Å². The number of hydrogen-bond donors (Lipinski definition) is 2. The first kappa shape index (κ1) is 12.9. The summed E-state index contributed by atoms with van der Waals surface area (Å²) in [5, 5.41) is 7.45. The molecule has 3 fully saturated rings. The van der Waals surface area contributed by atoms with Crippen LogP contribution in [0.15, 0.2) is 0 Å². The highest BCUT2D eigenvalue weighted by atomic mass is 15.0. The van der Waals surface area contributed by atoms with E-state index in [0.717, 1.165) is 17.9 Å². The van der Waals surface area contributed by atoms with Crippen molar-refractivity contribution in [2.24, 2.45) is 22.7 Å². The topological polar surface area (TPSA) is 24.1 Å². The van der Waals surface area contributed by atoms with Crippen LogP contribution in [0.1, 0.15) is 52.9 Å². The second kappa shape index (κ2) is 4.49. The number of nitrogens with one attached hydrogen (secondary N) is 2. The van der Waals surface area contributed by atoms with Gasteiger partial charge in [0.1, 0.15) is 0 Å². The zero-order valence-corrected chi connectivity index (χ0v) is 12.4. The second-order valence-corrected chi connectivity index (χ2v) is 7.95. The molecule has 0 spiro atoms. The number of fused-ring (bicyclic) bond motifs is 2. The smallest absolute Gasteiger partial charge is 0.0175 e. The molecule has 2 nitrogen and oxygen atoms in total. The van der Waals surface area contributed by atoms with Crippen molar-refractivity contribution in [3.63, 3.8) is 0 Å². The third-order valence-electron chi connectivity index (χ3n) is 6.34. The second-order valence-electron chi connectivity index (χ2n) is 7.95. The summed E-state index contributed by atoms with van der Waals surface area (Å²) in [7, 11) is 0. The monoisotopic (exact) mass is 250 g/mol. The van der Waals surface area contributed by atoms with E-state index in [1.807, 2.05) is 0 Å². The molecule has 0 radical (unpaired) electrons. The molecule has 3 aliphatic rings. The Morgan fingerprint density at radius 1 is 1.11 bits per heavy atom. The van der Waals surface area contributed by atoms with Crippen LogP contribution in [0.3, 0.4) is 0 Å². The van der Waals surface area contributed by atoms with E-state index in [1.54, 1.807) is 0 Å². The highest BCUT2D eigenvalue weighted by Gasteiger charge is 2.58. The van der Waals surface area contributed by atoms with E-state index in [4.69, 9.17) is 0 Å². The van der Waals surface area contributed by atoms with Gasteiger partial charge < -0.3 is 10.6 Å². The lowest BCUT2D eigenvalue weighted by atomic mass is 9.68. The van der Waals surface area contributed by atoms with E-state index in [0.29, 0.717) is 10.8 Å². The van der Waals surface area contributed by atoms with Gasteiger partial charge in [0.2, 0.25) is 0 Å². The summed E-state index contributed by atoms with van der Waals surface area (Å²) < 4.78 is 0. The first-order chi connectivity index (χ1) is 8.52. The van der Waals surface area contributed by atoms with Crippen LogP contribution in [0.25, 0.3) is 0 Å². The fraction of sp³-hybridized carbons (Fsp3) is 1.00. The lowest BCUT2D eigenvalue weighted by molar-refractivity contribution is 0.103. The van der Waals surface area contributed by atoms with E-state index >= 15 is 0 Å². The number of hydrogen-bond acceptors (Lipinski definition) is 2. The van der Waals surface area contributed by atoms with Crippen LogP contribution in [0.2, 0.25) is 0 Å². The molecular formula is C16H30N2. The van der Waals surface area contributed by atoms with Crippen LogP contribution in [0.4, 0.5) is 0 Å². The summed E-state index contributed by atoms with van der Waals surface area (Å²) in [5.74, 6) is 1.87. The molecule has 18 heavy (non-hydrogen) atoms. The van der Waals surface area contributed by atoms with Crippen molar-refractivity contribution in [1.29, 1.82) is 0 Å². The number of rotatable bonds is 3. The first-order valence-corrected chi connectivity index (χ1v) is 7.96. The Morgan fingerprint density at radius 3 is 2.44 bits per heavy atom. The van der Waals surface area contributed by atoms with Gasteiger partial charge in [-0.2, -0.15) is 0 Å². The van der Waals surface area contributed by atoms with E-state index in [9.17, 15) is 0 Å². The van der Waals surface area contributed by atoms with Gasteiger partial charge in [-0.05, 0) is 74.4 Å². The summed E-state index contributed by atoms with van der Waals surface area (Å²) in [4.78, 5) is 0. The Labute approximate surface area is 112 Å². The molecule has 1 saturated heterocycles. The van der Waals surface area contributed by atoms with Crippen molar-refractivity contribution in [3.8, 4) is 0 Å². The highest BCUT2D eigenvalue weighted by Crippen LogP contribution is 2.62. The molecule has 0 aromatic rings. The quantitative estimate of drug-likeness (QED) is 0.805. The predicted molar refractivity (Wildman–Crippen MR) is 76.6 cm³/mol. The summed E-state index contributed by atoms with van der Waals surface area (Å²) in [6.45, 7) is 11.2. The Morgan fingerprint density at radius 2 is 1.83 bits per heavy atom. The van der Waals surface area contributed by atoms with Gasteiger partial charge in [-0.25, -0.2) is 0 Å². The average Bonchev–Trinajstić information content (AvgIpc) is 2.81. The SMILES string of the molecule is CC12CCC(C1)C(C)(C)C2NCC1CCNCC1. The van der Waals surface area contributed by atoms with Gasteiger partial charge in [-0.3, -0.25) is 0 Å². The van der Waals surface area contributed by atoms with Crippen molar-refractivity contribution >= 4 is 0 Å². The zero-order valence-electron chi connectivity index (χ0n) is 12.4. The van der Waals surface area contributed by atoms with E-state index in [1.165, 1.54) is 51.7 Å². The van der Waals surface area contributed by atoms with Gasteiger partial charge in [0.25, 0.3) is 0 Å². The molecule has 3 atom stereocenters. The molecule has 2 saturated carbocycles. The fourth-order valence-corrected chi connectivity index (χ4v) is 5.18. The molecule has 1 heterocycles. The van der Waals surface area contributed by atoms with Crippen LogP contribution in [-0.4, -0.2) is 25.7 Å². The molecule has 0 aromatic carbocycles. The molecule has 1 aliphatic heterocycles. The van der Waals surface area contributed by atoms with Gasteiger partial charge >= 0.3 is 0 Å². The Hall–Kier alpha value is -0.0800. The largest absolute Gasteiger partial charge is 0.317 e. The molecule has 2 heteroatoms. The molecule has 0 amide bonds. The van der Waals surface area contributed by atoms with E-state index < -0.39 is 0 Å². The Bertz CT molecular complexity index is 301. The average molecular weight is 250 g/mol. The van der Waals surface area contributed by atoms with Crippen LogP contribution >= 0.6 is 0 Å². The minimum atomic E-state index is 0.514.